The molecule has 0 spiro atoms. The van der Waals surface area contributed by atoms with Gasteiger partial charge in [0.1, 0.15) is 5.75 Å². The molecule has 0 bridgehead atoms. The second-order valence-electron chi connectivity index (χ2n) is 6.51. The molecule has 1 aromatic rings. The number of amides is 1. The summed E-state index contributed by atoms with van der Waals surface area (Å²) in [5, 5.41) is 6.53. The van der Waals surface area contributed by atoms with E-state index >= 15 is 0 Å². The number of carbonyl (C=O) groups excluding carboxylic acids is 1. The number of hydrogen-bond donors (Lipinski definition) is 2. The van der Waals surface area contributed by atoms with Crippen LogP contribution in [0.1, 0.15) is 46.0 Å². The highest BCUT2D eigenvalue weighted by molar-refractivity contribution is 5.91. The summed E-state index contributed by atoms with van der Waals surface area (Å²) < 4.78 is 5.16. The van der Waals surface area contributed by atoms with Gasteiger partial charge in [-0.25, -0.2) is 0 Å². The van der Waals surface area contributed by atoms with Crippen molar-refractivity contribution in [2.45, 2.75) is 58.0 Å². The molecule has 0 aromatic heterocycles. The van der Waals surface area contributed by atoms with Gasteiger partial charge < -0.3 is 15.4 Å². The van der Waals surface area contributed by atoms with Gasteiger partial charge in [-0.3, -0.25) is 4.79 Å². The summed E-state index contributed by atoms with van der Waals surface area (Å²) in [7, 11) is 1.62. The molecule has 2 N–H and O–H groups in total. The second kappa shape index (κ2) is 8.18. The lowest BCUT2D eigenvalue weighted by Gasteiger charge is -2.29. The number of ether oxygens (including phenoxy) is 1. The molecule has 4 heteroatoms. The third kappa shape index (κ3) is 5.34. The first kappa shape index (κ1) is 16.8. The third-order valence-corrected chi connectivity index (χ3v) is 4.38. The van der Waals surface area contributed by atoms with E-state index in [1.807, 2.05) is 24.3 Å². The summed E-state index contributed by atoms with van der Waals surface area (Å²) in [6.07, 6.45) is 5.52. The molecule has 1 aliphatic rings. The van der Waals surface area contributed by atoms with Crippen molar-refractivity contribution in [1.29, 1.82) is 0 Å². The number of rotatable bonds is 6. The normalized spacial score (nSPS) is 22.9. The predicted octanol–water partition coefficient (Wildman–Crippen LogP) is 3.58. The van der Waals surface area contributed by atoms with E-state index in [0.717, 1.165) is 17.4 Å². The van der Waals surface area contributed by atoms with Crippen LogP contribution >= 0.6 is 0 Å². The van der Waals surface area contributed by atoms with Crippen molar-refractivity contribution in [3.8, 4) is 5.75 Å². The van der Waals surface area contributed by atoms with E-state index in [2.05, 4.69) is 24.5 Å². The molecule has 0 heterocycles. The highest BCUT2D eigenvalue weighted by Crippen LogP contribution is 2.24. The molecule has 0 radical (unpaired) electrons. The monoisotopic (exact) mass is 304 g/mol. The average molecular weight is 304 g/mol. The van der Waals surface area contributed by atoms with Gasteiger partial charge in [0.15, 0.2) is 0 Å². The van der Waals surface area contributed by atoms with Crippen molar-refractivity contribution >= 4 is 11.6 Å². The second-order valence-corrected chi connectivity index (χ2v) is 6.51. The summed E-state index contributed by atoms with van der Waals surface area (Å²) in [5.74, 6) is 1.64. The lowest BCUT2D eigenvalue weighted by atomic mass is 9.87. The number of nitrogens with one attached hydrogen (secondary N) is 2. The molecule has 1 amide bonds. The molecule has 1 atom stereocenters. The molecule has 1 saturated carbocycles. The zero-order valence-corrected chi connectivity index (χ0v) is 13.9. The van der Waals surface area contributed by atoms with Crippen LogP contribution in [0.2, 0.25) is 0 Å². The molecule has 4 nitrogen and oxygen atoms in total. The molecule has 1 aliphatic carbocycles. The summed E-state index contributed by atoms with van der Waals surface area (Å²) >= 11 is 0. The number of benzene rings is 1. The van der Waals surface area contributed by atoms with Gasteiger partial charge in [0, 0.05) is 30.3 Å². The molecule has 0 aliphatic heterocycles. The van der Waals surface area contributed by atoms with Gasteiger partial charge in [-0.2, -0.15) is 0 Å². The smallest absolute Gasteiger partial charge is 0.225 e. The van der Waals surface area contributed by atoms with Crippen molar-refractivity contribution in [2.24, 2.45) is 5.92 Å². The summed E-state index contributed by atoms with van der Waals surface area (Å²) in [4.78, 5) is 12.1. The van der Waals surface area contributed by atoms with Crippen molar-refractivity contribution in [2.75, 3.05) is 12.4 Å². The Balaban J connectivity index is 1.76. The van der Waals surface area contributed by atoms with E-state index in [1.54, 1.807) is 7.11 Å². The topological polar surface area (TPSA) is 50.4 Å². The Hall–Kier alpha value is -1.55. The third-order valence-electron chi connectivity index (χ3n) is 4.38. The first-order valence-electron chi connectivity index (χ1n) is 8.26. The van der Waals surface area contributed by atoms with Crippen LogP contribution in [0.5, 0.6) is 5.75 Å². The Morgan fingerprint density at radius 2 is 2.05 bits per heavy atom. The van der Waals surface area contributed by atoms with E-state index in [0.29, 0.717) is 12.5 Å². The summed E-state index contributed by atoms with van der Waals surface area (Å²) in [6.45, 7) is 4.41. The molecular formula is C18H28N2O2. The number of carbonyl (C=O) groups is 1. The lowest BCUT2D eigenvalue weighted by molar-refractivity contribution is -0.116. The van der Waals surface area contributed by atoms with Crippen LogP contribution in [-0.2, 0) is 4.79 Å². The zero-order chi connectivity index (χ0) is 15.9. The number of anilines is 1. The first-order valence-corrected chi connectivity index (χ1v) is 8.26. The summed E-state index contributed by atoms with van der Waals surface area (Å²) in [6, 6.07) is 8.21. The van der Waals surface area contributed by atoms with E-state index in [9.17, 15) is 4.79 Å². The van der Waals surface area contributed by atoms with Crippen molar-refractivity contribution < 1.29 is 9.53 Å². The fourth-order valence-electron chi connectivity index (χ4n) is 3.08. The average Bonchev–Trinajstić information content (AvgIpc) is 2.49. The predicted molar refractivity (Wildman–Crippen MR) is 90.3 cm³/mol. The largest absolute Gasteiger partial charge is 0.497 e. The SMILES string of the molecule is COc1cccc(NC(=O)C[C@@H](C)NC2CCC(C)CC2)c1. The summed E-state index contributed by atoms with van der Waals surface area (Å²) in [5.41, 5.74) is 0.781. The standard InChI is InChI=1S/C18H28N2O2/c1-13-7-9-15(10-8-13)19-14(2)11-18(21)20-16-5-4-6-17(12-16)22-3/h4-6,12-15,19H,7-11H2,1-3H3,(H,20,21)/t13?,14-,15?/m1/s1. The fourth-order valence-corrected chi connectivity index (χ4v) is 3.08. The Morgan fingerprint density at radius 1 is 1.32 bits per heavy atom. The van der Waals surface area contributed by atoms with Gasteiger partial charge >= 0.3 is 0 Å². The Kier molecular flexibility index (Phi) is 6.25. The van der Waals surface area contributed by atoms with Gasteiger partial charge in [-0.15, -0.1) is 0 Å². The molecular weight excluding hydrogens is 276 g/mol. The van der Waals surface area contributed by atoms with Gasteiger partial charge in [0.25, 0.3) is 0 Å². The van der Waals surface area contributed by atoms with E-state index in [4.69, 9.17) is 4.74 Å². The quantitative estimate of drug-likeness (QED) is 0.844. The van der Waals surface area contributed by atoms with Crippen LogP contribution in [0.4, 0.5) is 5.69 Å². The van der Waals surface area contributed by atoms with Crippen LogP contribution in [0.3, 0.4) is 0 Å². The molecule has 122 valence electrons. The highest BCUT2D eigenvalue weighted by atomic mass is 16.5. The number of methoxy groups -OCH3 is 1. The Morgan fingerprint density at radius 3 is 2.73 bits per heavy atom. The highest BCUT2D eigenvalue weighted by Gasteiger charge is 2.20. The molecule has 0 saturated heterocycles. The first-order chi connectivity index (χ1) is 10.6. The van der Waals surface area contributed by atoms with Crippen LogP contribution in [0, 0.1) is 5.92 Å². The molecule has 0 unspecified atom stereocenters. The number of hydrogen-bond acceptors (Lipinski definition) is 3. The van der Waals surface area contributed by atoms with Crippen molar-refractivity contribution in [3.05, 3.63) is 24.3 Å². The van der Waals surface area contributed by atoms with E-state index in [1.165, 1.54) is 25.7 Å². The molecule has 1 aromatic carbocycles. The molecule has 2 rings (SSSR count). The molecule has 1 fully saturated rings. The van der Waals surface area contributed by atoms with Crippen LogP contribution < -0.4 is 15.4 Å². The molecule has 22 heavy (non-hydrogen) atoms. The minimum atomic E-state index is 0.0393. The minimum absolute atomic E-state index is 0.0393. The maximum Gasteiger partial charge on any atom is 0.225 e. The van der Waals surface area contributed by atoms with Crippen LogP contribution in [-0.4, -0.2) is 25.1 Å². The van der Waals surface area contributed by atoms with Crippen molar-refractivity contribution in [3.63, 3.8) is 0 Å². The van der Waals surface area contributed by atoms with E-state index < -0.39 is 0 Å². The van der Waals surface area contributed by atoms with Crippen molar-refractivity contribution in [1.82, 2.24) is 5.32 Å². The Labute approximate surface area is 133 Å². The Bertz CT molecular complexity index is 482. The van der Waals surface area contributed by atoms with Gasteiger partial charge in [-0.1, -0.05) is 13.0 Å². The van der Waals surface area contributed by atoms with E-state index in [-0.39, 0.29) is 11.9 Å². The fraction of sp³-hybridized carbons (Fsp3) is 0.611. The van der Waals surface area contributed by atoms with Gasteiger partial charge in [0.2, 0.25) is 5.91 Å². The lowest BCUT2D eigenvalue weighted by Crippen LogP contribution is -2.40. The maximum absolute atomic E-state index is 12.1. The van der Waals surface area contributed by atoms with Gasteiger partial charge in [-0.05, 0) is 50.7 Å². The van der Waals surface area contributed by atoms with Crippen LogP contribution in [0.15, 0.2) is 24.3 Å². The minimum Gasteiger partial charge on any atom is -0.497 e. The van der Waals surface area contributed by atoms with Gasteiger partial charge in [0.05, 0.1) is 7.11 Å². The van der Waals surface area contributed by atoms with Crippen LogP contribution in [0.25, 0.3) is 0 Å². The zero-order valence-electron chi connectivity index (χ0n) is 13.9. The maximum atomic E-state index is 12.1.